The van der Waals surface area contributed by atoms with Gasteiger partial charge >= 0.3 is 0 Å². The summed E-state index contributed by atoms with van der Waals surface area (Å²) in [4.78, 5) is 10.9. The Bertz CT molecular complexity index is 491. The highest BCUT2D eigenvalue weighted by molar-refractivity contribution is 7.13. The average molecular weight is 220 g/mol. The quantitative estimate of drug-likeness (QED) is 0.770. The maximum Gasteiger partial charge on any atom is 0.109 e. The lowest BCUT2D eigenvalue weighted by Crippen LogP contribution is -2.23. The molecule has 0 spiro atoms. The van der Waals surface area contributed by atoms with Crippen molar-refractivity contribution in [3.05, 3.63) is 40.5 Å². The lowest BCUT2D eigenvalue weighted by atomic mass is 10.3. The van der Waals surface area contributed by atoms with Crippen molar-refractivity contribution in [2.45, 2.75) is 13.8 Å². The molecular weight excluding hydrogens is 210 g/mol. The zero-order valence-corrected chi connectivity index (χ0v) is 9.30. The third kappa shape index (κ3) is 1.57. The maximum absolute atomic E-state index is 10.9. The lowest BCUT2D eigenvalue weighted by Gasteiger charge is -2.10. The average Bonchev–Trinajstić information content (AvgIpc) is 2.73. The van der Waals surface area contributed by atoms with Crippen LogP contribution in [0.1, 0.15) is 21.7 Å². The monoisotopic (exact) mass is 220 g/mol. The van der Waals surface area contributed by atoms with Crippen LogP contribution in [0.25, 0.3) is 5.00 Å². The van der Waals surface area contributed by atoms with Crippen molar-refractivity contribution in [3.8, 4) is 5.00 Å². The maximum atomic E-state index is 10.9. The Morgan fingerprint density at radius 2 is 1.87 bits per heavy atom. The van der Waals surface area contributed by atoms with Gasteiger partial charge in [-0.25, -0.2) is 0 Å². The summed E-state index contributed by atoms with van der Waals surface area (Å²) in [6.45, 7) is 3.90. The van der Waals surface area contributed by atoms with Crippen molar-refractivity contribution in [2.75, 3.05) is 0 Å². The first kappa shape index (κ1) is 9.98. The van der Waals surface area contributed by atoms with Crippen molar-refractivity contribution in [1.29, 1.82) is 0 Å². The first-order valence-corrected chi connectivity index (χ1v) is 5.43. The van der Waals surface area contributed by atoms with Gasteiger partial charge in [0.1, 0.15) is 5.00 Å². The predicted molar refractivity (Wildman–Crippen MR) is 57.5 cm³/mol. The number of carbonyl (C=O) groups is 1. The van der Waals surface area contributed by atoms with Crippen LogP contribution in [0.2, 0.25) is 0 Å². The molecule has 2 aromatic heterocycles. The number of carboxylic acids is 1. The van der Waals surface area contributed by atoms with Crippen LogP contribution in [0, 0.1) is 13.8 Å². The minimum Gasteiger partial charge on any atom is -0.545 e. The SMILES string of the molecule is Cc1ccc(C)n1-c1sccc1C(=O)[O-]. The van der Waals surface area contributed by atoms with Crippen LogP contribution in [-0.4, -0.2) is 10.5 Å². The van der Waals surface area contributed by atoms with Crippen LogP contribution in [0.3, 0.4) is 0 Å². The van der Waals surface area contributed by atoms with E-state index in [0.717, 1.165) is 16.4 Å². The molecule has 3 nitrogen and oxygen atoms in total. The molecule has 0 aliphatic carbocycles. The number of nitrogens with zero attached hydrogens (tertiary/aromatic N) is 1. The second-order valence-corrected chi connectivity index (χ2v) is 4.27. The molecule has 0 aromatic carbocycles. The normalized spacial score (nSPS) is 10.5. The van der Waals surface area contributed by atoms with E-state index in [1.807, 2.05) is 30.5 Å². The number of hydrogen-bond acceptors (Lipinski definition) is 3. The minimum atomic E-state index is -1.13. The molecule has 0 amide bonds. The van der Waals surface area contributed by atoms with Gasteiger partial charge < -0.3 is 14.5 Å². The van der Waals surface area contributed by atoms with E-state index >= 15 is 0 Å². The van der Waals surface area contributed by atoms with Crippen LogP contribution < -0.4 is 5.11 Å². The summed E-state index contributed by atoms with van der Waals surface area (Å²) >= 11 is 1.41. The van der Waals surface area contributed by atoms with Gasteiger partial charge in [0, 0.05) is 17.0 Å². The Morgan fingerprint density at radius 3 is 2.40 bits per heavy atom. The topological polar surface area (TPSA) is 45.1 Å². The van der Waals surface area contributed by atoms with Crippen LogP contribution in [0.5, 0.6) is 0 Å². The molecule has 0 saturated carbocycles. The molecule has 2 heterocycles. The number of rotatable bonds is 2. The molecule has 0 saturated heterocycles. The Morgan fingerprint density at radius 1 is 1.27 bits per heavy atom. The fourth-order valence-corrected chi connectivity index (χ4v) is 2.62. The van der Waals surface area contributed by atoms with Crippen LogP contribution in [0.4, 0.5) is 0 Å². The fraction of sp³-hybridized carbons (Fsp3) is 0.182. The van der Waals surface area contributed by atoms with Gasteiger partial charge in [-0.1, -0.05) is 0 Å². The minimum absolute atomic E-state index is 0.252. The van der Waals surface area contributed by atoms with Gasteiger partial charge in [-0.2, -0.15) is 0 Å². The van der Waals surface area contributed by atoms with E-state index in [2.05, 4.69) is 0 Å². The fourth-order valence-electron chi connectivity index (χ4n) is 1.62. The number of aromatic nitrogens is 1. The third-order valence-corrected chi connectivity index (χ3v) is 3.24. The van der Waals surface area contributed by atoms with Gasteiger partial charge in [0.2, 0.25) is 0 Å². The number of carbonyl (C=O) groups excluding carboxylic acids is 1. The molecule has 0 aliphatic heterocycles. The summed E-state index contributed by atoms with van der Waals surface area (Å²) in [7, 11) is 0. The number of carboxylic acid groups (broad SMARTS) is 1. The summed E-state index contributed by atoms with van der Waals surface area (Å²) in [5, 5.41) is 13.4. The third-order valence-electron chi connectivity index (χ3n) is 2.34. The second-order valence-electron chi connectivity index (χ2n) is 3.38. The zero-order valence-electron chi connectivity index (χ0n) is 8.48. The van der Waals surface area contributed by atoms with E-state index in [1.165, 1.54) is 11.3 Å². The van der Waals surface area contributed by atoms with Gasteiger partial charge in [-0.15, -0.1) is 11.3 Å². The van der Waals surface area contributed by atoms with Gasteiger partial charge in [0.15, 0.2) is 0 Å². The number of aromatic carboxylic acids is 1. The molecule has 0 fully saturated rings. The van der Waals surface area contributed by atoms with Crippen LogP contribution in [0.15, 0.2) is 23.6 Å². The Balaban J connectivity index is 2.64. The molecule has 0 bridgehead atoms. The van der Waals surface area contributed by atoms with Crippen molar-refractivity contribution in [3.63, 3.8) is 0 Å². The molecule has 4 heteroatoms. The molecule has 0 aliphatic rings. The lowest BCUT2D eigenvalue weighted by molar-refractivity contribution is -0.254. The molecule has 0 radical (unpaired) electrons. The smallest absolute Gasteiger partial charge is 0.109 e. The summed E-state index contributed by atoms with van der Waals surface area (Å²) in [5.74, 6) is -1.13. The Labute approximate surface area is 91.6 Å². The van der Waals surface area contributed by atoms with Crippen LogP contribution in [-0.2, 0) is 0 Å². The van der Waals surface area contributed by atoms with Crippen LogP contribution >= 0.6 is 11.3 Å². The van der Waals surface area contributed by atoms with E-state index < -0.39 is 5.97 Å². The van der Waals surface area contributed by atoms with Gasteiger partial charge in [0.05, 0.1) is 5.97 Å². The van der Waals surface area contributed by atoms with Crippen molar-refractivity contribution >= 4 is 17.3 Å². The molecule has 2 rings (SSSR count). The molecule has 0 atom stereocenters. The van der Waals surface area contributed by atoms with E-state index in [0.29, 0.717) is 0 Å². The summed E-state index contributed by atoms with van der Waals surface area (Å²) in [6, 6.07) is 5.51. The summed E-state index contributed by atoms with van der Waals surface area (Å²) in [5.41, 5.74) is 2.30. The Hall–Kier alpha value is -1.55. The number of hydrogen-bond donors (Lipinski definition) is 0. The Kier molecular flexibility index (Phi) is 2.36. The van der Waals surface area contributed by atoms with Gasteiger partial charge in [-0.3, -0.25) is 0 Å². The second kappa shape index (κ2) is 3.55. The van der Waals surface area contributed by atoms with E-state index in [4.69, 9.17) is 0 Å². The van der Waals surface area contributed by atoms with E-state index in [9.17, 15) is 9.90 Å². The van der Waals surface area contributed by atoms with Crippen molar-refractivity contribution in [2.24, 2.45) is 0 Å². The molecule has 0 unspecified atom stereocenters. The molecule has 15 heavy (non-hydrogen) atoms. The largest absolute Gasteiger partial charge is 0.545 e. The standard InChI is InChI=1S/C11H11NO2S/c1-7-3-4-8(2)12(7)10-9(11(13)14)5-6-15-10/h3-6H,1-2H3,(H,13,14)/p-1. The molecule has 0 N–H and O–H groups in total. The predicted octanol–water partition coefficient (Wildman–Crippen LogP) is 1.52. The molecule has 2 aromatic rings. The first-order chi connectivity index (χ1) is 7.11. The highest BCUT2D eigenvalue weighted by Crippen LogP contribution is 2.25. The first-order valence-electron chi connectivity index (χ1n) is 4.55. The molecule has 78 valence electrons. The highest BCUT2D eigenvalue weighted by atomic mass is 32.1. The van der Waals surface area contributed by atoms with Gasteiger partial charge in [-0.05, 0) is 37.4 Å². The zero-order chi connectivity index (χ0) is 11.0. The number of aryl methyl sites for hydroxylation is 2. The molecular formula is C11H10NO2S-. The summed E-state index contributed by atoms with van der Waals surface area (Å²) in [6.07, 6.45) is 0. The van der Waals surface area contributed by atoms with Gasteiger partial charge in [0.25, 0.3) is 0 Å². The number of thiophene rings is 1. The summed E-state index contributed by atoms with van der Waals surface area (Å²) < 4.78 is 1.93. The van der Waals surface area contributed by atoms with E-state index in [1.54, 1.807) is 11.4 Å². The van der Waals surface area contributed by atoms with Crippen molar-refractivity contribution in [1.82, 2.24) is 4.57 Å². The van der Waals surface area contributed by atoms with Crippen molar-refractivity contribution < 1.29 is 9.90 Å². The highest BCUT2D eigenvalue weighted by Gasteiger charge is 2.10. The van der Waals surface area contributed by atoms with E-state index in [-0.39, 0.29) is 5.56 Å².